The van der Waals surface area contributed by atoms with E-state index in [1.165, 1.54) is 19.1 Å². The van der Waals surface area contributed by atoms with Gasteiger partial charge in [0.2, 0.25) is 5.91 Å². The van der Waals surface area contributed by atoms with Crippen LogP contribution >= 0.6 is 0 Å². The molecule has 21 heavy (non-hydrogen) atoms. The van der Waals surface area contributed by atoms with Crippen molar-refractivity contribution in [1.82, 2.24) is 0 Å². The summed E-state index contributed by atoms with van der Waals surface area (Å²) in [5, 5.41) is 2.60. The van der Waals surface area contributed by atoms with Crippen LogP contribution in [0.15, 0.2) is 18.2 Å². The summed E-state index contributed by atoms with van der Waals surface area (Å²) in [5.74, 6) is -0.336. The molecule has 0 aliphatic rings. The van der Waals surface area contributed by atoms with E-state index in [1.807, 2.05) is 13.8 Å². The van der Waals surface area contributed by atoms with Gasteiger partial charge in [-0.2, -0.15) is 13.2 Å². The first kappa shape index (κ1) is 17.5. The summed E-state index contributed by atoms with van der Waals surface area (Å²) < 4.78 is 38.6. The Hall–Kier alpha value is -1.56. The van der Waals surface area contributed by atoms with Crippen molar-refractivity contribution in [2.75, 3.05) is 11.9 Å². The average Bonchev–Trinajstić information content (AvgIpc) is 2.42. The highest BCUT2D eigenvalue weighted by Crippen LogP contribution is 2.35. The number of rotatable bonds is 5. The predicted octanol–water partition coefficient (Wildman–Crippen LogP) is 3.72. The molecular weight excluding hydrogens is 281 g/mol. The Kier molecular flexibility index (Phi) is 5.39. The topological polar surface area (TPSA) is 55.1 Å². The van der Waals surface area contributed by atoms with Crippen LogP contribution in [0.1, 0.15) is 37.8 Å². The molecule has 1 aromatic rings. The van der Waals surface area contributed by atoms with Crippen LogP contribution in [0.3, 0.4) is 0 Å². The largest absolute Gasteiger partial charge is 0.416 e. The molecule has 0 aliphatic carbocycles. The fraction of sp³-hybridized carbons (Fsp3) is 0.533. The van der Waals surface area contributed by atoms with E-state index in [9.17, 15) is 18.0 Å². The summed E-state index contributed by atoms with van der Waals surface area (Å²) in [6, 6.07) is 3.75. The number of carbonyl (C=O) groups excluding carboxylic acids is 1. The van der Waals surface area contributed by atoms with Gasteiger partial charge in [-0.1, -0.05) is 19.9 Å². The Balaban J connectivity index is 3.12. The molecule has 3 N–H and O–H groups in total. The van der Waals surface area contributed by atoms with Crippen molar-refractivity contribution in [2.24, 2.45) is 11.1 Å². The van der Waals surface area contributed by atoms with E-state index in [-0.39, 0.29) is 23.7 Å². The van der Waals surface area contributed by atoms with Gasteiger partial charge in [-0.25, -0.2) is 0 Å². The van der Waals surface area contributed by atoms with Gasteiger partial charge in [0.1, 0.15) is 0 Å². The summed E-state index contributed by atoms with van der Waals surface area (Å²) in [5.41, 5.74) is 4.37. The maximum Gasteiger partial charge on any atom is 0.416 e. The molecule has 0 radical (unpaired) electrons. The maximum absolute atomic E-state index is 12.9. The Morgan fingerprint density at radius 2 is 1.81 bits per heavy atom. The minimum absolute atomic E-state index is 0.0106. The summed E-state index contributed by atoms with van der Waals surface area (Å²) in [4.78, 5) is 12.4. The van der Waals surface area contributed by atoms with Crippen LogP contribution < -0.4 is 11.1 Å². The fourth-order valence-electron chi connectivity index (χ4n) is 2.29. The molecule has 0 unspecified atom stereocenters. The lowest BCUT2D eigenvalue weighted by atomic mass is 9.81. The number of hydrogen-bond acceptors (Lipinski definition) is 2. The predicted molar refractivity (Wildman–Crippen MR) is 76.9 cm³/mol. The number of alkyl halides is 3. The quantitative estimate of drug-likeness (QED) is 0.871. The van der Waals surface area contributed by atoms with Crippen molar-refractivity contribution in [1.29, 1.82) is 0 Å². The summed E-state index contributed by atoms with van der Waals surface area (Å²) >= 11 is 0. The SMILES string of the molecule is CCC(CC)(CN)C(=O)Nc1cccc(C(F)(F)F)c1C. The molecule has 118 valence electrons. The van der Waals surface area contributed by atoms with E-state index in [0.717, 1.165) is 6.07 Å². The zero-order chi connectivity index (χ0) is 16.3. The van der Waals surface area contributed by atoms with Crippen molar-refractivity contribution in [3.05, 3.63) is 29.3 Å². The maximum atomic E-state index is 12.9. The normalized spacial score (nSPS) is 12.3. The first-order chi connectivity index (χ1) is 9.71. The average molecular weight is 302 g/mol. The van der Waals surface area contributed by atoms with Crippen LogP contribution in [-0.4, -0.2) is 12.5 Å². The zero-order valence-corrected chi connectivity index (χ0v) is 12.5. The monoisotopic (exact) mass is 302 g/mol. The number of benzene rings is 1. The number of nitrogens with two attached hydrogens (primary N) is 1. The van der Waals surface area contributed by atoms with Crippen LogP contribution in [-0.2, 0) is 11.0 Å². The molecule has 6 heteroatoms. The minimum atomic E-state index is -4.44. The molecule has 0 aliphatic heterocycles. The smallest absolute Gasteiger partial charge is 0.329 e. The van der Waals surface area contributed by atoms with E-state index >= 15 is 0 Å². The van der Waals surface area contributed by atoms with Crippen molar-refractivity contribution >= 4 is 11.6 Å². The number of halogens is 3. The lowest BCUT2D eigenvalue weighted by molar-refractivity contribution is -0.138. The number of hydrogen-bond donors (Lipinski definition) is 2. The van der Waals surface area contributed by atoms with Gasteiger partial charge in [0.15, 0.2) is 0 Å². The van der Waals surface area contributed by atoms with Crippen LogP contribution in [0.4, 0.5) is 18.9 Å². The third kappa shape index (κ3) is 3.56. The van der Waals surface area contributed by atoms with Crippen molar-refractivity contribution in [3.8, 4) is 0 Å². The number of amides is 1. The number of carbonyl (C=O) groups is 1. The van der Waals surface area contributed by atoms with Crippen LogP contribution in [0, 0.1) is 12.3 Å². The highest BCUT2D eigenvalue weighted by molar-refractivity contribution is 5.96. The van der Waals surface area contributed by atoms with Gasteiger partial charge >= 0.3 is 6.18 Å². The minimum Gasteiger partial charge on any atom is -0.329 e. The Bertz CT molecular complexity index is 500. The van der Waals surface area contributed by atoms with Gasteiger partial charge in [-0.15, -0.1) is 0 Å². The van der Waals surface area contributed by atoms with Crippen LogP contribution in [0.25, 0.3) is 0 Å². The number of anilines is 1. The van der Waals surface area contributed by atoms with Crippen LogP contribution in [0.2, 0.25) is 0 Å². The van der Waals surface area contributed by atoms with Crippen LogP contribution in [0.5, 0.6) is 0 Å². The van der Waals surface area contributed by atoms with E-state index in [0.29, 0.717) is 12.8 Å². The highest BCUT2D eigenvalue weighted by atomic mass is 19.4. The van der Waals surface area contributed by atoms with Gasteiger partial charge in [0.25, 0.3) is 0 Å². The number of nitrogens with one attached hydrogen (secondary N) is 1. The molecule has 0 bridgehead atoms. The van der Waals surface area contributed by atoms with Crippen molar-refractivity contribution < 1.29 is 18.0 Å². The zero-order valence-electron chi connectivity index (χ0n) is 12.5. The Labute approximate surface area is 122 Å². The van der Waals surface area contributed by atoms with E-state index in [1.54, 1.807) is 0 Å². The second kappa shape index (κ2) is 6.47. The molecule has 1 aromatic carbocycles. The van der Waals surface area contributed by atoms with Crippen molar-refractivity contribution in [3.63, 3.8) is 0 Å². The van der Waals surface area contributed by atoms with Crippen molar-refractivity contribution in [2.45, 2.75) is 39.8 Å². The van der Waals surface area contributed by atoms with Gasteiger partial charge in [-0.05, 0) is 37.5 Å². The van der Waals surface area contributed by atoms with Gasteiger partial charge in [-0.3, -0.25) is 4.79 Å². The Morgan fingerprint density at radius 3 is 2.24 bits per heavy atom. The second-order valence-corrected chi connectivity index (χ2v) is 5.12. The molecule has 1 amide bonds. The molecule has 3 nitrogen and oxygen atoms in total. The van der Waals surface area contributed by atoms with Gasteiger partial charge < -0.3 is 11.1 Å². The lowest BCUT2D eigenvalue weighted by Crippen LogP contribution is -2.41. The Morgan fingerprint density at radius 1 is 1.24 bits per heavy atom. The summed E-state index contributed by atoms with van der Waals surface area (Å²) in [6.07, 6.45) is -3.38. The molecular formula is C15H21F3N2O. The molecule has 0 spiro atoms. The first-order valence-electron chi connectivity index (χ1n) is 6.90. The third-order valence-electron chi connectivity index (χ3n) is 4.11. The van der Waals surface area contributed by atoms with Gasteiger partial charge in [0, 0.05) is 12.2 Å². The second-order valence-electron chi connectivity index (χ2n) is 5.12. The lowest BCUT2D eigenvalue weighted by Gasteiger charge is -2.29. The standard InChI is InChI=1S/C15H21F3N2O/c1-4-14(5-2,9-19)13(21)20-12-8-6-7-11(10(12)3)15(16,17)18/h6-8H,4-5,9,19H2,1-3H3,(H,20,21). The molecule has 0 heterocycles. The van der Waals surface area contributed by atoms with E-state index < -0.39 is 17.2 Å². The fourth-order valence-corrected chi connectivity index (χ4v) is 2.29. The molecule has 0 saturated heterocycles. The summed E-state index contributed by atoms with van der Waals surface area (Å²) in [6.45, 7) is 5.19. The first-order valence-corrected chi connectivity index (χ1v) is 6.90. The highest BCUT2D eigenvalue weighted by Gasteiger charge is 2.35. The van der Waals surface area contributed by atoms with E-state index in [2.05, 4.69) is 5.32 Å². The molecule has 0 saturated carbocycles. The van der Waals surface area contributed by atoms with E-state index in [4.69, 9.17) is 5.73 Å². The molecule has 0 atom stereocenters. The summed E-state index contributed by atoms with van der Waals surface area (Å²) in [7, 11) is 0. The molecule has 0 aromatic heterocycles. The molecule has 1 rings (SSSR count). The third-order valence-corrected chi connectivity index (χ3v) is 4.11. The molecule has 0 fully saturated rings. The van der Waals surface area contributed by atoms with Gasteiger partial charge in [0.05, 0.1) is 11.0 Å².